The molecule has 1 fully saturated rings. The second-order valence-corrected chi connectivity index (χ2v) is 7.25. The predicted octanol–water partition coefficient (Wildman–Crippen LogP) is 1.83. The first-order chi connectivity index (χ1) is 11.6. The second-order valence-electron chi connectivity index (χ2n) is 6.27. The fourth-order valence-corrected chi connectivity index (χ4v) is 3.64. The number of ether oxygens (including phenoxy) is 1. The Morgan fingerprint density at radius 3 is 3.17 bits per heavy atom. The van der Waals surface area contributed by atoms with Crippen LogP contribution in [0.25, 0.3) is 0 Å². The average molecular weight is 348 g/mol. The van der Waals surface area contributed by atoms with Crippen LogP contribution in [0.5, 0.6) is 0 Å². The lowest BCUT2D eigenvalue weighted by atomic mass is 10.2. The summed E-state index contributed by atoms with van der Waals surface area (Å²) in [6, 6.07) is 4.11. The number of thiophene rings is 1. The van der Waals surface area contributed by atoms with E-state index in [0.29, 0.717) is 13.2 Å². The van der Waals surface area contributed by atoms with E-state index in [1.165, 1.54) is 4.88 Å². The first kappa shape index (κ1) is 17.1. The summed E-state index contributed by atoms with van der Waals surface area (Å²) in [5, 5.41) is 9.40. The molecule has 1 aliphatic rings. The molecule has 2 atom stereocenters. The minimum absolute atomic E-state index is 0.0568. The lowest BCUT2D eigenvalue weighted by Crippen LogP contribution is -2.48. The predicted molar refractivity (Wildman–Crippen MR) is 94.0 cm³/mol. The molecular formula is C17H24N4O2S. The number of carbonyl (C=O) groups is 1. The van der Waals surface area contributed by atoms with Crippen molar-refractivity contribution >= 4 is 17.2 Å². The average Bonchev–Trinajstić information content (AvgIpc) is 3.19. The van der Waals surface area contributed by atoms with Gasteiger partial charge < -0.3 is 10.1 Å². The summed E-state index contributed by atoms with van der Waals surface area (Å²) in [5.74, 6) is 0.0616. The Hall–Kier alpha value is -1.70. The van der Waals surface area contributed by atoms with Crippen molar-refractivity contribution in [3.05, 3.63) is 40.3 Å². The standard InChI is InChI=1S/C17H24N4O2S/c1-13-8-18-21(9-13)11-15-10-20(5-6-23-15)12-17(22)19-14(2)16-4-3-7-24-16/h3-4,7-9,14-15H,5-6,10-12H2,1-2H3,(H,19,22). The van der Waals surface area contributed by atoms with Crippen LogP contribution in [0.1, 0.15) is 23.4 Å². The van der Waals surface area contributed by atoms with Gasteiger partial charge in [0.15, 0.2) is 0 Å². The van der Waals surface area contributed by atoms with Crippen LogP contribution in [-0.4, -0.2) is 52.9 Å². The molecule has 130 valence electrons. The summed E-state index contributed by atoms with van der Waals surface area (Å²) in [6.07, 6.45) is 3.93. The minimum Gasteiger partial charge on any atom is -0.374 e. The molecule has 24 heavy (non-hydrogen) atoms. The molecule has 0 saturated carbocycles. The van der Waals surface area contributed by atoms with Gasteiger partial charge in [-0.05, 0) is 30.9 Å². The van der Waals surface area contributed by atoms with Crippen molar-refractivity contribution in [2.45, 2.75) is 32.5 Å². The van der Waals surface area contributed by atoms with Gasteiger partial charge in [-0.2, -0.15) is 5.10 Å². The Morgan fingerprint density at radius 2 is 2.46 bits per heavy atom. The minimum atomic E-state index is 0.0568. The van der Waals surface area contributed by atoms with Crippen LogP contribution < -0.4 is 5.32 Å². The van der Waals surface area contributed by atoms with Crippen molar-refractivity contribution in [3.63, 3.8) is 0 Å². The van der Waals surface area contributed by atoms with Crippen molar-refractivity contribution in [1.29, 1.82) is 0 Å². The van der Waals surface area contributed by atoms with Gasteiger partial charge in [-0.15, -0.1) is 11.3 Å². The molecule has 7 heteroatoms. The van der Waals surface area contributed by atoms with E-state index >= 15 is 0 Å². The molecule has 2 aromatic heterocycles. The quantitative estimate of drug-likeness (QED) is 0.865. The monoisotopic (exact) mass is 348 g/mol. The molecular weight excluding hydrogens is 324 g/mol. The zero-order chi connectivity index (χ0) is 16.9. The first-order valence-corrected chi connectivity index (χ1v) is 9.14. The van der Waals surface area contributed by atoms with Crippen LogP contribution in [-0.2, 0) is 16.1 Å². The SMILES string of the molecule is Cc1cnn(CC2CN(CC(=O)NC(C)c3cccs3)CCO2)c1. The molecule has 2 aromatic rings. The first-order valence-electron chi connectivity index (χ1n) is 8.26. The summed E-state index contributed by atoms with van der Waals surface area (Å²) >= 11 is 1.66. The highest BCUT2D eigenvalue weighted by Gasteiger charge is 2.23. The molecule has 0 aromatic carbocycles. The van der Waals surface area contributed by atoms with Gasteiger partial charge in [0.25, 0.3) is 0 Å². The van der Waals surface area contributed by atoms with Crippen LogP contribution in [0.4, 0.5) is 0 Å². The Balaban J connectivity index is 1.47. The smallest absolute Gasteiger partial charge is 0.234 e. The highest BCUT2D eigenvalue weighted by Crippen LogP contribution is 2.18. The van der Waals surface area contributed by atoms with Gasteiger partial charge in [-0.1, -0.05) is 6.07 Å². The maximum Gasteiger partial charge on any atom is 0.234 e. The molecule has 0 radical (unpaired) electrons. The number of amides is 1. The van der Waals surface area contributed by atoms with Gasteiger partial charge in [-0.3, -0.25) is 14.4 Å². The fourth-order valence-electron chi connectivity index (χ4n) is 2.91. The number of hydrogen-bond donors (Lipinski definition) is 1. The highest BCUT2D eigenvalue weighted by atomic mass is 32.1. The van der Waals surface area contributed by atoms with Gasteiger partial charge in [-0.25, -0.2) is 0 Å². The van der Waals surface area contributed by atoms with E-state index in [2.05, 4.69) is 15.3 Å². The van der Waals surface area contributed by atoms with Gasteiger partial charge in [0, 0.05) is 24.2 Å². The van der Waals surface area contributed by atoms with Crippen LogP contribution in [0, 0.1) is 6.92 Å². The molecule has 2 unspecified atom stereocenters. The van der Waals surface area contributed by atoms with Gasteiger partial charge in [0.2, 0.25) is 5.91 Å². The van der Waals surface area contributed by atoms with Gasteiger partial charge >= 0.3 is 0 Å². The van der Waals surface area contributed by atoms with Crippen molar-refractivity contribution in [3.8, 4) is 0 Å². The number of nitrogens with one attached hydrogen (secondary N) is 1. The van der Waals surface area contributed by atoms with E-state index in [9.17, 15) is 4.79 Å². The van der Waals surface area contributed by atoms with E-state index < -0.39 is 0 Å². The fraction of sp³-hybridized carbons (Fsp3) is 0.529. The van der Waals surface area contributed by atoms with Crippen molar-refractivity contribution < 1.29 is 9.53 Å². The van der Waals surface area contributed by atoms with E-state index in [1.807, 2.05) is 48.4 Å². The number of nitrogens with zero attached hydrogens (tertiary/aromatic N) is 3. The summed E-state index contributed by atoms with van der Waals surface area (Å²) in [7, 11) is 0. The summed E-state index contributed by atoms with van der Waals surface area (Å²) < 4.78 is 7.72. The Morgan fingerprint density at radius 1 is 1.58 bits per heavy atom. The van der Waals surface area contributed by atoms with Crippen LogP contribution in [0.15, 0.2) is 29.9 Å². The summed E-state index contributed by atoms with van der Waals surface area (Å²) in [6.45, 7) is 7.36. The van der Waals surface area contributed by atoms with Gasteiger partial charge in [0.05, 0.1) is 38.0 Å². The summed E-state index contributed by atoms with van der Waals surface area (Å²) in [5.41, 5.74) is 1.14. The van der Waals surface area contributed by atoms with Crippen molar-refractivity contribution in [1.82, 2.24) is 20.0 Å². The molecule has 0 bridgehead atoms. The largest absolute Gasteiger partial charge is 0.374 e. The number of aromatic nitrogens is 2. The Kier molecular flexibility index (Phi) is 5.65. The van der Waals surface area contributed by atoms with Crippen LogP contribution in [0.3, 0.4) is 0 Å². The molecule has 0 aliphatic carbocycles. The number of morpholine rings is 1. The zero-order valence-electron chi connectivity index (χ0n) is 14.1. The highest BCUT2D eigenvalue weighted by molar-refractivity contribution is 7.10. The number of hydrogen-bond acceptors (Lipinski definition) is 5. The molecule has 1 amide bonds. The van der Waals surface area contributed by atoms with E-state index in [-0.39, 0.29) is 18.1 Å². The molecule has 1 saturated heterocycles. The maximum atomic E-state index is 12.3. The van der Waals surface area contributed by atoms with Crippen LogP contribution in [0.2, 0.25) is 0 Å². The molecule has 1 aliphatic heterocycles. The number of carbonyl (C=O) groups excluding carboxylic acids is 1. The third kappa shape index (κ3) is 4.66. The third-order valence-corrected chi connectivity index (χ3v) is 5.15. The second kappa shape index (κ2) is 7.92. The van der Waals surface area contributed by atoms with Crippen LogP contribution >= 0.6 is 11.3 Å². The topological polar surface area (TPSA) is 59.4 Å². The Labute approximate surface area is 146 Å². The maximum absolute atomic E-state index is 12.3. The van der Waals surface area contributed by atoms with Crippen molar-refractivity contribution in [2.75, 3.05) is 26.2 Å². The Bertz CT molecular complexity index is 655. The van der Waals surface area contributed by atoms with E-state index in [4.69, 9.17) is 4.74 Å². The lowest BCUT2D eigenvalue weighted by molar-refractivity contribution is -0.125. The normalized spacial score (nSPS) is 20.0. The molecule has 0 spiro atoms. The molecule has 1 N–H and O–H groups in total. The third-order valence-electron chi connectivity index (χ3n) is 4.09. The lowest BCUT2D eigenvalue weighted by Gasteiger charge is -2.32. The van der Waals surface area contributed by atoms with Gasteiger partial charge in [0.1, 0.15) is 0 Å². The molecule has 3 rings (SSSR count). The van der Waals surface area contributed by atoms with Crippen molar-refractivity contribution in [2.24, 2.45) is 0 Å². The molecule has 3 heterocycles. The number of aryl methyl sites for hydroxylation is 1. The van der Waals surface area contributed by atoms with E-state index in [1.54, 1.807) is 11.3 Å². The summed E-state index contributed by atoms with van der Waals surface area (Å²) in [4.78, 5) is 15.6. The zero-order valence-corrected chi connectivity index (χ0v) is 15.0. The number of rotatable bonds is 6. The molecule has 6 nitrogen and oxygen atoms in total. The van der Waals surface area contributed by atoms with E-state index in [0.717, 1.165) is 25.2 Å².